The number of thiophene rings is 1. The lowest BCUT2D eigenvalue weighted by Crippen LogP contribution is -2.26. The molecule has 1 amide bonds. The molecule has 150 valence electrons. The smallest absolute Gasteiger partial charge is 0.343 e. The highest BCUT2D eigenvalue weighted by Crippen LogP contribution is 2.38. The van der Waals surface area contributed by atoms with Crippen molar-refractivity contribution in [2.45, 2.75) is 19.1 Å². The molecule has 1 atom stereocenters. The highest BCUT2D eigenvalue weighted by Gasteiger charge is 2.38. The number of hydrogen-bond acceptors (Lipinski definition) is 4. The number of hydrogen-bond donors (Lipinski definition) is 1. The maximum Gasteiger partial charge on any atom is 0.435 e. The van der Waals surface area contributed by atoms with Crippen LogP contribution in [0.25, 0.3) is 15.9 Å². The van der Waals surface area contributed by atoms with Crippen molar-refractivity contribution in [2.24, 2.45) is 7.05 Å². The molecule has 1 N–H and O–H groups in total. The molecule has 3 aromatic heterocycles. The fraction of sp³-hybridized carbons (Fsp3) is 0.211. The van der Waals surface area contributed by atoms with Crippen molar-refractivity contribution >= 4 is 27.5 Å². The summed E-state index contributed by atoms with van der Waals surface area (Å²) >= 11 is 0.969. The number of aryl methyl sites for hydroxylation is 1. The molecule has 0 aliphatic carbocycles. The Morgan fingerprint density at radius 1 is 1.17 bits per heavy atom. The summed E-state index contributed by atoms with van der Waals surface area (Å²) in [5.74, 6) is -0.461. The summed E-state index contributed by atoms with van der Waals surface area (Å²) < 4.78 is 43.4. The van der Waals surface area contributed by atoms with Gasteiger partial charge in [-0.25, -0.2) is 4.68 Å². The third kappa shape index (κ3) is 3.63. The van der Waals surface area contributed by atoms with E-state index in [0.717, 1.165) is 11.3 Å². The number of alkyl halides is 3. The molecule has 3 heterocycles. The lowest BCUT2D eigenvalue weighted by Gasteiger charge is -2.10. The van der Waals surface area contributed by atoms with Gasteiger partial charge in [-0.2, -0.15) is 23.4 Å². The second-order valence-electron chi connectivity index (χ2n) is 6.53. The quantitative estimate of drug-likeness (QED) is 0.536. The first-order valence-electron chi connectivity index (χ1n) is 8.69. The normalized spacial score (nSPS) is 13.0. The fourth-order valence-electron chi connectivity index (χ4n) is 2.98. The third-order valence-electron chi connectivity index (χ3n) is 4.38. The van der Waals surface area contributed by atoms with Gasteiger partial charge in [0.05, 0.1) is 22.3 Å². The monoisotopic (exact) mass is 419 g/mol. The Bertz CT molecular complexity index is 1180. The zero-order valence-electron chi connectivity index (χ0n) is 15.4. The topological polar surface area (TPSA) is 64.7 Å². The van der Waals surface area contributed by atoms with Crippen LogP contribution in [0.3, 0.4) is 0 Å². The molecule has 0 fully saturated rings. The van der Waals surface area contributed by atoms with E-state index in [-0.39, 0.29) is 21.1 Å². The Balaban J connectivity index is 1.73. The lowest BCUT2D eigenvalue weighted by molar-refractivity contribution is -0.140. The fourth-order valence-corrected chi connectivity index (χ4v) is 4.01. The van der Waals surface area contributed by atoms with Gasteiger partial charge < -0.3 is 5.32 Å². The van der Waals surface area contributed by atoms with Crippen LogP contribution in [0, 0.1) is 0 Å². The summed E-state index contributed by atoms with van der Waals surface area (Å²) in [6.07, 6.45) is -2.88. The molecule has 6 nitrogen and oxygen atoms in total. The summed E-state index contributed by atoms with van der Waals surface area (Å²) in [5, 5.41) is 10.7. The first kappa shape index (κ1) is 19.2. The first-order valence-corrected chi connectivity index (χ1v) is 9.51. The zero-order chi connectivity index (χ0) is 20.8. The molecule has 0 aliphatic rings. The summed E-state index contributed by atoms with van der Waals surface area (Å²) in [6, 6.07) is 11.1. The Morgan fingerprint density at radius 2 is 1.90 bits per heavy atom. The number of para-hydroxylation sites is 1. The molecule has 0 aliphatic heterocycles. The predicted octanol–water partition coefficient (Wildman–Crippen LogP) is 4.33. The van der Waals surface area contributed by atoms with Crippen molar-refractivity contribution in [3.8, 4) is 5.69 Å². The number of amides is 1. The molecular weight excluding hydrogens is 403 g/mol. The minimum atomic E-state index is -4.63. The average molecular weight is 419 g/mol. The van der Waals surface area contributed by atoms with Gasteiger partial charge in [0, 0.05) is 18.6 Å². The maximum absolute atomic E-state index is 13.5. The number of rotatable bonds is 4. The minimum absolute atomic E-state index is 0.0954. The predicted molar refractivity (Wildman–Crippen MR) is 103 cm³/mol. The van der Waals surface area contributed by atoms with Gasteiger partial charge in [-0.15, -0.1) is 11.3 Å². The Labute approximate surface area is 167 Å². The van der Waals surface area contributed by atoms with E-state index in [9.17, 15) is 18.0 Å². The van der Waals surface area contributed by atoms with Gasteiger partial charge in [-0.1, -0.05) is 18.2 Å². The van der Waals surface area contributed by atoms with Crippen LogP contribution in [-0.2, 0) is 13.2 Å². The maximum atomic E-state index is 13.5. The van der Waals surface area contributed by atoms with Gasteiger partial charge in [0.2, 0.25) is 0 Å². The van der Waals surface area contributed by atoms with Gasteiger partial charge in [0.15, 0.2) is 5.69 Å². The molecule has 0 bridgehead atoms. The zero-order valence-corrected chi connectivity index (χ0v) is 16.3. The van der Waals surface area contributed by atoms with Crippen molar-refractivity contribution in [1.82, 2.24) is 24.9 Å². The first-order chi connectivity index (χ1) is 13.7. The van der Waals surface area contributed by atoms with Crippen molar-refractivity contribution < 1.29 is 18.0 Å². The molecule has 0 saturated carbocycles. The molecule has 4 aromatic rings. The number of halogens is 3. The number of nitrogens with zero attached hydrogens (tertiary/aromatic N) is 4. The molecule has 0 unspecified atom stereocenters. The van der Waals surface area contributed by atoms with Crippen LogP contribution in [0.1, 0.15) is 34.0 Å². The summed E-state index contributed by atoms with van der Waals surface area (Å²) in [7, 11) is 1.76. The number of benzene rings is 1. The molecule has 29 heavy (non-hydrogen) atoms. The number of carbonyl (C=O) groups excluding carboxylic acids is 1. The number of fused-ring (bicyclic) bond motifs is 1. The largest absolute Gasteiger partial charge is 0.435 e. The van der Waals surface area contributed by atoms with Crippen molar-refractivity contribution in [1.29, 1.82) is 0 Å². The van der Waals surface area contributed by atoms with E-state index in [1.54, 1.807) is 61.2 Å². The summed E-state index contributed by atoms with van der Waals surface area (Å²) in [4.78, 5) is 13.1. The molecule has 0 saturated heterocycles. The van der Waals surface area contributed by atoms with Crippen LogP contribution < -0.4 is 5.32 Å². The van der Waals surface area contributed by atoms with Crippen molar-refractivity contribution in [3.63, 3.8) is 0 Å². The van der Waals surface area contributed by atoms with Crippen LogP contribution >= 0.6 is 11.3 Å². The molecule has 1 aromatic carbocycles. The molecule has 0 radical (unpaired) electrons. The van der Waals surface area contributed by atoms with Gasteiger partial charge in [-0.3, -0.25) is 9.48 Å². The highest BCUT2D eigenvalue weighted by atomic mass is 32.1. The van der Waals surface area contributed by atoms with Gasteiger partial charge in [-0.05, 0) is 31.2 Å². The highest BCUT2D eigenvalue weighted by molar-refractivity contribution is 7.20. The van der Waals surface area contributed by atoms with Crippen LogP contribution in [0.2, 0.25) is 0 Å². The van der Waals surface area contributed by atoms with Crippen LogP contribution in [0.4, 0.5) is 13.2 Å². The average Bonchev–Trinajstić information content (AvgIpc) is 3.36. The van der Waals surface area contributed by atoms with Crippen LogP contribution in [0.15, 0.2) is 48.7 Å². The molecule has 0 spiro atoms. The number of nitrogens with one attached hydrogen (secondary N) is 1. The van der Waals surface area contributed by atoms with Crippen LogP contribution in [-0.4, -0.2) is 25.5 Å². The number of aromatic nitrogens is 4. The van der Waals surface area contributed by atoms with E-state index >= 15 is 0 Å². The molecule has 10 heteroatoms. The second-order valence-corrected chi connectivity index (χ2v) is 7.56. The summed E-state index contributed by atoms with van der Waals surface area (Å²) in [6.45, 7) is 1.76. The van der Waals surface area contributed by atoms with Crippen molar-refractivity contribution in [3.05, 3.63) is 64.9 Å². The third-order valence-corrected chi connectivity index (χ3v) is 5.49. The van der Waals surface area contributed by atoms with E-state index in [1.807, 2.05) is 0 Å². The van der Waals surface area contributed by atoms with E-state index in [0.29, 0.717) is 11.4 Å². The summed E-state index contributed by atoms with van der Waals surface area (Å²) in [5.41, 5.74) is 0.140. The van der Waals surface area contributed by atoms with Gasteiger partial charge in [0.25, 0.3) is 5.91 Å². The minimum Gasteiger partial charge on any atom is -0.343 e. The number of carbonyl (C=O) groups is 1. The van der Waals surface area contributed by atoms with E-state index in [1.165, 1.54) is 10.7 Å². The molecular formula is C19H16F3N5OS. The van der Waals surface area contributed by atoms with E-state index in [4.69, 9.17) is 0 Å². The van der Waals surface area contributed by atoms with E-state index in [2.05, 4.69) is 15.5 Å². The second kappa shape index (κ2) is 7.03. The SMILES string of the molecule is C[C@H](NC(=O)c1cc2c(C(F)(F)F)nn(-c3ccccc3)c2s1)c1ccn(C)n1. The van der Waals surface area contributed by atoms with Gasteiger partial charge in [0.1, 0.15) is 4.83 Å². The standard InChI is InChI=1S/C19H16F3N5OS/c1-11(14-8-9-26(2)24-14)23-17(28)15-10-13-16(19(20,21)22)25-27(18(13)29-15)12-6-4-3-5-7-12/h3-11H,1-2H3,(H,23,28)/t11-/m0/s1. The van der Waals surface area contributed by atoms with Gasteiger partial charge >= 0.3 is 6.18 Å². The Morgan fingerprint density at radius 3 is 2.52 bits per heavy atom. The lowest BCUT2D eigenvalue weighted by atomic mass is 10.2. The Hall–Kier alpha value is -3.14. The molecule has 4 rings (SSSR count). The Kier molecular flexibility index (Phi) is 4.65. The van der Waals surface area contributed by atoms with E-state index < -0.39 is 17.8 Å². The van der Waals surface area contributed by atoms with Crippen LogP contribution in [0.5, 0.6) is 0 Å². The van der Waals surface area contributed by atoms with Crippen molar-refractivity contribution in [2.75, 3.05) is 0 Å².